The van der Waals surface area contributed by atoms with Crippen LogP contribution in [0.15, 0.2) is 94.7 Å². The molecule has 2 heterocycles. The lowest BCUT2D eigenvalue weighted by Gasteiger charge is -2.19. The molecule has 0 aliphatic rings. The van der Waals surface area contributed by atoms with E-state index in [-0.39, 0.29) is 5.41 Å². The van der Waals surface area contributed by atoms with E-state index in [1.807, 2.05) is 12.1 Å². The Morgan fingerprint density at radius 3 is 2.39 bits per heavy atom. The molecule has 3 aromatic carbocycles. The monoisotopic (exact) mass is 453 g/mol. The second-order valence-corrected chi connectivity index (χ2v) is 10.2. The molecule has 5 aromatic rings. The Morgan fingerprint density at radius 2 is 1.64 bits per heavy atom. The fourth-order valence-corrected chi connectivity index (χ4v) is 4.93. The molecule has 2 aromatic heterocycles. The average Bonchev–Trinajstić information content (AvgIpc) is 3.48. The van der Waals surface area contributed by atoms with Crippen LogP contribution in [0.3, 0.4) is 0 Å². The minimum atomic E-state index is 0.111. The molecule has 0 fully saturated rings. The summed E-state index contributed by atoms with van der Waals surface area (Å²) in [5, 5.41) is 12.6. The molecule has 0 bridgehead atoms. The van der Waals surface area contributed by atoms with Crippen molar-refractivity contribution in [2.45, 2.75) is 43.6 Å². The summed E-state index contributed by atoms with van der Waals surface area (Å²) in [6.07, 6.45) is 1.71. The molecule has 0 atom stereocenters. The normalized spacial score (nSPS) is 11.8. The molecule has 0 aliphatic carbocycles. The first-order chi connectivity index (χ1) is 16.0. The molecule has 0 N–H and O–H groups in total. The molecule has 0 amide bonds. The van der Waals surface area contributed by atoms with Crippen LogP contribution in [0.2, 0.25) is 0 Å². The highest BCUT2D eigenvalue weighted by Gasteiger charge is 2.18. The van der Waals surface area contributed by atoms with Crippen molar-refractivity contribution in [1.29, 1.82) is 0 Å². The zero-order valence-corrected chi connectivity index (χ0v) is 20.0. The summed E-state index contributed by atoms with van der Waals surface area (Å²) in [5.74, 6) is 2.56. The standard InChI is InChI=1S/C28H27N3OS/c1-28(2,3)23-15-13-21(14-16-23)26-29-30-27(31(26)18-24-11-7-17-32-24)33-19-22-10-6-9-20-8-4-5-12-25(20)22/h4-17H,18-19H2,1-3H3. The molecule has 5 heteroatoms. The van der Waals surface area contributed by atoms with Crippen LogP contribution in [-0.2, 0) is 17.7 Å². The summed E-state index contributed by atoms with van der Waals surface area (Å²) in [7, 11) is 0. The van der Waals surface area contributed by atoms with Crippen molar-refractivity contribution in [3.63, 3.8) is 0 Å². The van der Waals surface area contributed by atoms with E-state index in [1.165, 1.54) is 21.9 Å². The minimum Gasteiger partial charge on any atom is -0.467 e. The van der Waals surface area contributed by atoms with Crippen molar-refractivity contribution in [3.8, 4) is 11.4 Å². The van der Waals surface area contributed by atoms with Crippen LogP contribution in [0.1, 0.15) is 37.7 Å². The Bertz CT molecular complexity index is 1360. The van der Waals surface area contributed by atoms with E-state index in [9.17, 15) is 0 Å². The van der Waals surface area contributed by atoms with Crippen LogP contribution in [0.25, 0.3) is 22.2 Å². The number of benzene rings is 3. The number of aromatic nitrogens is 3. The fraction of sp³-hybridized carbons (Fsp3) is 0.214. The summed E-state index contributed by atoms with van der Waals surface area (Å²) in [4.78, 5) is 0. The molecule has 0 unspecified atom stereocenters. The van der Waals surface area contributed by atoms with E-state index in [0.29, 0.717) is 6.54 Å². The van der Waals surface area contributed by atoms with E-state index in [0.717, 1.165) is 28.1 Å². The third-order valence-electron chi connectivity index (χ3n) is 5.86. The average molecular weight is 454 g/mol. The highest BCUT2D eigenvalue weighted by molar-refractivity contribution is 7.98. The zero-order valence-electron chi connectivity index (χ0n) is 19.2. The first kappa shape index (κ1) is 21.5. The Morgan fingerprint density at radius 1 is 0.848 bits per heavy atom. The van der Waals surface area contributed by atoms with Gasteiger partial charge in [-0.1, -0.05) is 99.3 Å². The number of hydrogen-bond acceptors (Lipinski definition) is 4. The summed E-state index contributed by atoms with van der Waals surface area (Å²) < 4.78 is 7.80. The van der Waals surface area contributed by atoms with Gasteiger partial charge in [-0.15, -0.1) is 10.2 Å². The van der Waals surface area contributed by atoms with E-state index in [2.05, 4.69) is 102 Å². The lowest BCUT2D eigenvalue weighted by molar-refractivity contribution is 0.485. The largest absolute Gasteiger partial charge is 0.467 e. The Hall–Kier alpha value is -3.31. The van der Waals surface area contributed by atoms with Crippen molar-refractivity contribution in [2.75, 3.05) is 0 Å². The minimum absolute atomic E-state index is 0.111. The van der Waals surface area contributed by atoms with Gasteiger partial charge in [-0.3, -0.25) is 4.57 Å². The van der Waals surface area contributed by atoms with Crippen LogP contribution in [0, 0.1) is 0 Å². The number of furan rings is 1. The lowest BCUT2D eigenvalue weighted by atomic mass is 9.87. The van der Waals surface area contributed by atoms with Crippen molar-refractivity contribution in [3.05, 3.63) is 102 Å². The third kappa shape index (κ3) is 4.60. The summed E-state index contributed by atoms with van der Waals surface area (Å²) in [5.41, 5.74) is 3.76. The molecular weight excluding hydrogens is 426 g/mol. The summed E-state index contributed by atoms with van der Waals surface area (Å²) >= 11 is 1.71. The molecular formula is C28H27N3OS. The van der Waals surface area contributed by atoms with Gasteiger partial charge in [0.05, 0.1) is 12.8 Å². The Kier molecular flexibility index (Phi) is 5.81. The van der Waals surface area contributed by atoms with Gasteiger partial charge in [-0.25, -0.2) is 0 Å². The van der Waals surface area contributed by atoms with Crippen molar-refractivity contribution in [1.82, 2.24) is 14.8 Å². The SMILES string of the molecule is CC(C)(C)c1ccc(-c2nnc(SCc3cccc4ccccc34)n2Cc2ccco2)cc1. The van der Waals surface area contributed by atoms with Gasteiger partial charge in [0.1, 0.15) is 5.76 Å². The highest BCUT2D eigenvalue weighted by Crippen LogP contribution is 2.31. The second-order valence-electron chi connectivity index (χ2n) is 9.23. The first-order valence-corrected chi connectivity index (χ1v) is 12.1. The van der Waals surface area contributed by atoms with Crippen LogP contribution in [0.4, 0.5) is 0 Å². The van der Waals surface area contributed by atoms with Crippen LogP contribution in [0.5, 0.6) is 0 Å². The quantitative estimate of drug-likeness (QED) is 0.252. The van der Waals surface area contributed by atoms with Gasteiger partial charge >= 0.3 is 0 Å². The van der Waals surface area contributed by atoms with Gasteiger partial charge in [0.25, 0.3) is 0 Å². The summed E-state index contributed by atoms with van der Waals surface area (Å²) in [6, 6.07) is 27.5. The highest BCUT2D eigenvalue weighted by atomic mass is 32.2. The fourth-order valence-electron chi connectivity index (χ4n) is 3.99. The van der Waals surface area contributed by atoms with E-state index in [4.69, 9.17) is 4.42 Å². The third-order valence-corrected chi connectivity index (χ3v) is 6.87. The van der Waals surface area contributed by atoms with E-state index in [1.54, 1.807) is 18.0 Å². The molecule has 33 heavy (non-hydrogen) atoms. The maximum absolute atomic E-state index is 5.65. The number of hydrogen-bond donors (Lipinski definition) is 0. The Balaban J connectivity index is 1.48. The van der Waals surface area contributed by atoms with Crippen molar-refractivity contribution < 1.29 is 4.42 Å². The first-order valence-electron chi connectivity index (χ1n) is 11.1. The molecule has 0 aliphatic heterocycles. The van der Waals surface area contributed by atoms with Crippen LogP contribution < -0.4 is 0 Å². The zero-order chi connectivity index (χ0) is 22.8. The molecule has 4 nitrogen and oxygen atoms in total. The maximum atomic E-state index is 5.65. The van der Waals surface area contributed by atoms with Crippen LogP contribution in [-0.4, -0.2) is 14.8 Å². The van der Waals surface area contributed by atoms with Crippen molar-refractivity contribution >= 4 is 22.5 Å². The lowest BCUT2D eigenvalue weighted by Crippen LogP contribution is -2.10. The van der Waals surface area contributed by atoms with Gasteiger partial charge in [0.15, 0.2) is 11.0 Å². The second kappa shape index (κ2) is 8.91. The van der Waals surface area contributed by atoms with Gasteiger partial charge in [0.2, 0.25) is 0 Å². The van der Waals surface area contributed by atoms with Gasteiger partial charge < -0.3 is 4.42 Å². The number of thioether (sulfide) groups is 1. The topological polar surface area (TPSA) is 43.9 Å². The van der Waals surface area contributed by atoms with E-state index >= 15 is 0 Å². The smallest absolute Gasteiger partial charge is 0.192 e. The molecule has 0 saturated heterocycles. The van der Waals surface area contributed by atoms with Gasteiger partial charge in [-0.2, -0.15) is 0 Å². The van der Waals surface area contributed by atoms with Gasteiger partial charge in [0, 0.05) is 11.3 Å². The number of rotatable bonds is 6. The maximum Gasteiger partial charge on any atom is 0.192 e. The molecule has 5 rings (SSSR count). The number of nitrogens with zero attached hydrogens (tertiary/aromatic N) is 3. The molecule has 0 saturated carbocycles. The summed E-state index contributed by atoms with van der Waals surface area (Å²) in [6.45, 7) is 7.27. The van der Waals surface area contributed by atoms with E-state index < -0.39 is 0 Å². The predicted octanol–water partition coefficient (Wildman–Crippen LogP) is 7.33. The molecule has 166 valence electrons. The molecule has 0 spiro atoms. The number of fused-ring (bicyclic) bond motifs is 1. The Labute approximate surface area is 198 Å². The van der Waals surface area contributed by atoms with Crippen molar-refractivity contribution in [2.24, 2.45) is 0 Å². The predicted molar refractivity (Wildman–Crippen MR) is 135 cm³/mol. The molecule has 0 radical (unpaired) electrons. The van der Waals surface area contributed by atoms with Crippen LogP contribution >= 0.6 is 11.8 Å². The van der Waals surface area contributed by atoms with Gasteiger partial charge in [-0.05, 0) is 39.4 Å².